The van der Waals surface area contributed by atoms with Crippen LogP contribution in [0.25, 0.3) is 0 Å². The second-order valence-electron chi connectivity index (χ2n) is 5.98. The van der Waals surface area contributed by atoms with E-state index >= 15 is 0 Å². The molecule has 1 unspecified atom stereocenters. The number of carbonyl (C=O) groups is 1. The van der Waals surface area contributed by atoms with E-state index in [2.05, 4.69) is 48.7 Å². The fourth-order valence-electron chi connectivity index (χ4n) is 3.22. The van der Waals surface area contributed by atoms with Gasteiger partial charge in [-0.05, 0) is 30.9 Å². The lowest BCUT2D eigenvalue weighted by Gasteiger charge is -2.30. The van der Waals surface area contributed by atoms with Crippen LogP contribution < -0.4 is 10.6 Å². The van der Waals surface area contributed by atoms with Crippen molar-refractivity contribution in [2.45, 2.75) is 58.0 Å². The minimum absolute atomic E-state index is 0.0145. The van der Waals surface area contributed by atoms with Crippen LogP contribution in [0.1, 0.15) is 57.6 Å². The summed E-state index contributed by atoms with van der Waals surface area (Å²) >= 11 is 0. The topological polar surface area (TPSA) is 41.1 Å². The summed E-state index contributed by atoms with van der Waals surface area (Å²) < 4.78 is 0. The summed E-state index contributed by atoms with van der Waals surface area (Å²) in [5.74, 6) is 0.649. The molecule has 1 aromatic rings. The van der Waals surface area contributed by atoms with Crippen LogP contribution in [-0.4, -0.2) is 18.5 Å². The van der Waals surface area contributed by atoms with E-state index in [0.717, 1.165) is 32.2 Å². The van der Waals surface area contributed by atoms with Crippen molar-refractivity contribution in [3.05, 3.63) is 35.9 Å². The quantitative estimate of drug-likeness (QED) is 0.842. The van der Waals surface area contributed by atoms with Crippen molar-refractivity contribution in [1.82, 2.24) is 10.6 Å². The molecular weight excluding hydrogens is 260 g/mol. The molecule has 3 nitrogen and oxygen atoms in total. The molecule has 21 heavy (non-hydrogen) atoms. The Morgan fingerprint density at radius 1 is 1.24 bits per heavy atom. The van der Waals surface area contributed by atoms with E-state index in [9.17, 15) is 4.79 Å². The second kappa shape index (κ2) is 8.18. The maximum Gasteiger partial charge on any atom is 0.237 e. The number of carbonyl (C=O) groups excluding carboxylic acids is 1. The standard InChI is InChI=1S/C18H28N2O/c1-3-14(4-2)17(15-10-6-5-7-11-15)20-18(21)16-12-8-9-13-19-16/h5-7,10-11,14,16-17,19H,3-4,8-9,12-13H2,1-2H3,(H,20,21)/t16-,17?/m0/s1. The highest BCUT2D eigenvalue weighted by molar-refractivity contribution is 5.82. The van der Waals surface area contributed by atoms with Crippen LogP contribution in [0, 0.1) is 5.92 Å². The fourth-order valence-corrected chi connectivity index (χ4v) is 3.22. The summed E-state index contributed by atoms with van der Waals surface area (Å²) in [6.07, 6.45) is 5.43. The number of amides is 1. The van der Waals surface area contributed by atoms with Crippen molar-refractivity contribution in [2.24, 2.45) is 5.92 Å². The van der Waals surface area contributed by atoms with Gasteiger partial charge in [0.1, 0.15) is 0 Å². The zero-order valence-electron chi connectivity index (χ0n) is 13.3. The van der Waals surface area contributed by atoms with Crippen LogP contribution in [0.4, 0.5) is 0 Å². The lowest BCUT2D eigenvalue weighted by molar-refractivity contribution is -0.124. The lowest BCUT2D eigenvalue weighted by atomic mass is 9.88. The summed E-state index contributed by atoms with van der Waals surface area (Å²) in [4.78, 5) is 12.5. The molecule has 1 heterocycles. The molecule has 0 aromatic heterocycles. The van der Waals surface area contributed by atoms with E-state index in [1.165, 1.54) is 12.0 Å². The third kappa shape index (κ3) is 4.31. The third-order valence-electron chi connectivity index (χ3n) is 4.60. The maximum atomic E-state index is 12.5. The van der Waals surface area contributed by atoms with Gasteiger partial charge in [0, 0.05) is 0 Å². The van der Waals surface area contributed by atoms with Crippen molar-refractivity contribution >= 4 is 5.91 Å². The van der Waals surface area contributed by atoms with Gasteiger partial charge in [-0.1, -0.05) is 63.4 Å². The fraction of sp³-hybridized carbons (Fsp3) is 0.611. The molecule has 1 fully saturated rings. The number of nitrogens with one attached hydrogen (secondary N) is 2. The first kappa shape index (κ1) is 16.0. The predicted molar refractivity (Wildman–Crippen MR) is 87.0 cm³/mol. The van der Waals surface area contributed by atoms with E-state index in [1.807, 2.05) is 6.07 Å². The summed E-state index contributed by atoms with van der Waals surface area (Å²) in [5.41, 5.74) is 1.22. The Bertz CT molecular complexity index is 422. The van der Waals surface area contributed by atoms with Gasteiger partial charge in [-0.25, -0.2) is 0 Å². The van der Waals surface area contributed by atoms with Gasteiger partial charge in [-0.2, -0.15) is 0 Å². The van der Waals surface area contributed by atoms with Crippen molar-refractivity contribution in [3.63, 3.8) is 0 Å². The van der Waals surface area contributed by atoms with E-state index in [0.29, 0.717) is 5.92 Å². The molecule has 2 rings (SSSR count). The molecule has 2 atom stereocenters. The highest BCUT2D eigenvalue weighted by atomic mass is 16.2. The highest BCUT2D eigenvalue weighted by Crippen LogP contribution is 2.27. The van der Waals surface area contributed by atoms with E-state index in [1.54, 1.807) is 0 Å². The number of piperidine rings is 1. The first-order valence-electron chi connectivity index (χ1n) is 8.35. The molecule has 2 N–H and O–H groups in total. The number of hydrogen-bond donors (Lipinski definition) is 2. The summed E-state index contributed by atoms with van der Waals surface area (Å²) in [7, 11) is 0. The molecule has 0 bridgehead atoms. The second-order valence-corrected chi connectivity index (χ2v) is 5.98. The van der Waals surface area contributed by atoms with E-state index in [4.69, 9.17) is 0 Å². The first-order chi connectivity index (χ1) is 10.3. The molecule has 1 amide bonds. The van der Waals surface area contributed by atoms with Crippen molar-refractivity contribution in [1.29, 1.82) is 0 Å². The molecule has 0 spiro atoms. The average Bonchev–Trinajstić information content (AvgIpc) is 2.56. The van der Waals surface area contributed by atoms with Crippen molar-refractivity contribution in [2.75, 3.05) is 6.54 Å². The third-order valence-corrected chi connectivity index (χ3v) is 4.60. The summed E-state index contributed by atoms with van der Waals surface area (Å²) in [6, 6.07) is 10.5. The molecule has 0 saturated carbocycles. The van der Waals surface area contributed by atoms with Gasteiger partial charge in [0.05, 0.1) is 12.1 Å². The Hall–Kier alpha value is -1.35. The van der Waals surface area contributed by atoms with Crippen molar-refractivity contribution < 1.29 is 4.79 Å². The number of hydrogen-bond acceptors (Lipinski definition) is 2. The van der Waals surface area contributed by atoms with Crippen LogP contribution in [0.2, 0.25) is 0 Å². The Balaban J connectivity index is 2.10. The minimum Gasteiger partial charge on any atom is -0.348 e. The van der Waals surface area contributed by atoms with Gasteiger partial charge in [0.15, 0.2) is 0 Å². The normalized spacial score (nSPS) is 20.2. The lowest BCUT2D eigenvalue weighted by Crippen LogP contribution is -2.48. The van der Waals surface area contributed by atoms with Crippen LogP contribution >= 0.6 is 0 Å². The predicted octanol–water partition coefficient (Wildman–Crippen LogP) is 3.42. The molecule has 0 aliphatic carbocycles. The van der Waals surface area contributed by atoms with Gasteiger partial charge in [-0.15, -0.1) is 0 Å². The molecular formula is C18H28N2O. The number of benzene rings is 1. The first-order valence-corrected chi connectivity index (χ1v) is 8.35. The average molecular weight is 288 g/mol. The van der Waals surface area contributed by atoms with Gasteiger partial charge in [-0.3, -0.25) is 4.79 Å². The zero-order chi connectivity index (χ0) is 15.1. The Morgan fingerprint density at radius 2 is 1.95 bits per heavy atom. The Labute approximate surface area is 128 Å². The SMILES string of the molecule is CCC(CC)C(NC(=O)[C@@H]1CCCCN1)c1ccccc1. The van der Waals surface area contributed by atoms with Crippen LogP contribution in [0.5, 0.6) is 0 Å². The molecule has 116 valence electrons. The van der Waals surface area contributed by atoms with Crippen LogP contribution in [0.15, 0.2) is 30.3 Å². The summed E-state index contributed by atoms with van der Waals surface area (Å²) in [6.45, 7) is 5.36. The van der Waals surface area contributed by atoms with Gasteiger partial charge >= 0.3 is 0 Å². The molecule has 1 saturated heterocycles. The molecule has 1 aromatic carbocycles. The molecule has 3 heteroatoms. The smallest absolute Gasteiger partial charge is 0.237 e. The van der Waals surface area contributed by atoms with Gasteiger partial charge < -0.3 is 10.6 Å². The maximum absolute atomic E-state index is 12.5. The summed E-state index contributed by atoms with van der Waals surface area (Å²) in [5, 5.41) is 6.64. The molecule has 1 aliphatic heterocycles. The minimum atomic E-state index is -0.0145. The number of rotatable bonds is 6. The van der Waals surface area contributed by atoms with Crippen molar-refractivity contribution in [3.8, 4) is 0 Å². The van der Waals surface area contributed by atoms with Gasteiger partial charge in [0.2, 0.25) is 5.91 Å². The van der Waals surface area contributed by atoms with E-state index < -0.39 is 0 Å². The molecule has 0 radical (unpaired) electrons. The van der Waals surface area contributed by atoms with Crippen LogP contribution in [-0.2, 0) is 4.79 Å². The Morgan fingerprint density at radius 3 is 2.52 bits per heavy atom. The monoisotopic (exact) mass is 288 g/mol. The molecule has 1 aliphatic rings. The Kier molecular flexibility index (Phi) is 6.24. The van der Waals surface area contributed by atoms with Gasteiger partial charge in [0.25, 0.3) is 0 Å². The van der Waals surface area contributed by atoms with Crippen LogP contribution in [0.3, 0.4) is 0 Å². The highest BCUT2D eigenvalue weighted by Gasteiger charge is 2.26. The largest absolute Gasteiger partial charge is 0.348 e. The zero-order valence-corrected chi connectivity index (χ0v) is 13.3. The van der Waals surface area contributed by atoms with E-state index in [-0.39, 0.29) is 18.0 Å².